The predicted octanol–water partition coefficient (Wildman–Crippen LogP) is 3.63. The molecule has 0 saturated heterocycles. The van der Waals surface area contributed by atoms with Crippen LogP contribution in [0.3, 0.4) is 0 Å². The molecule has 5 rings (SSSR count). The molecule has 0 aliphatic rings. The third kappa shape index (κ3) is 3.50. The van der Waals surface area contributed by atoms with Gasteiger partial charge in [0.15, 0.2) is 17.1 Å². The lowest BCUT2D eigenvalue weighted by Crippen LogP contribution is -1.98. The molecule has 0 unspecified atom stereocenters. The van der Waals surface area contributed by atoms with Gasteiger partial charge in [-0.15, -0.1) is 10.2 Å². The molecule has 0 atom stereocenters. The number of hydrogen-bond donors (Lipinski definition) is 2. The van der Waals surface area contributed by atoms with Crippen LogP contribution in [0, 0.1) is 6.92 Å². The van der Waals surface area contributed by atoms with Gasteiger partial charge in [0.1, 0.15) is 30.5 Å². The number of rotatable bonds is 5. The van der Waals surface area contributed by atoms with Crippen LogP contribution >= 0.6 is 0 Å². The Balaban J connectivity index is 1.42. The van der Waals surface area contributed by atoms with Crippen LogP contribution in [-0.4, -0.2) is 41.8 Å². The number of aromatic nitrogens is 6. The molecule has 0 saturated carbocycles. The van der Waals surface area contributed by atoms with Gasteiger partial charge in [0.05, 0.1) is 12.6 Å². The lowest BCUT2D eigenvalue weighted by Gasteiger charge is -2.13. The smallest absolute Gasteiger partial charge is 0.224 e. The van der Waals surface area contributed by atoms with Crippen LogP contribution in [-0.2, 0) is 0 Å². The minimum absolute atomic E-state index is 0.0184. The normalized spacial score (nSPS) is 11.0. The Morgan fingerprint density at radius 2 is 1.90 bits per heavy atom. The zero-order chi connectivity index (χ0) is 21.4. The van der Waals surface area contributed by atoms with Gasteiger partial charge in [-0.2, -0.15) is 0 Å². The van der Waals surface area contributed by atoms with Gasteiger partial charge in [-0.3, -0.25) is 4.40 Å². The highest BCUT2D eigenvalue weighted by Crippen LogP contribution is 2.34. The van der Waals surface area contributed by atoms with Gasteiger partial charge in [0.25, 0.3) is 0 Å². The Kier molecular flexibility index (Phi) is 4.43. The van der Waals surface area contributed by atoms with Gasteiger partial charge in [-0.1, -0.05) is 0 Å². The summed E-state index contributed by atoms with van der Waals surface area (Å²) >= 11 is 0. The minimum atomic E-state index is 0.0184. The molecule has 5 aromatic rings. The zero-order valence-electron chi connectivity index (χ0n) is 16.6. The van der Waals surface area contributed by atoms with Gasteiger partial charge in [-0.05, 0) is 36.8 Å². The fraction of sp³-hybridized carbons (Fsp3) is 0.0952. The van der Waals surface area contributed by atoms with Crippen LogP contribution in [0.1, 0.15) is 5.56 Å². The number of methoxy groups -OCH3 is 1. The first kappa shape index (κ1) is 18.6. The van der Waals surface area contributed by atoms with E-state index < -0.39 is 0 Å². The standard InChI is InChI=1S/C21H17N7O3/c1-12-5-13(3-4-17(12)31-20-8-19-27-25-11-28(19)10-24-20)26-21-14-6-16(29)18(30-2)7-15(14)22-9-23-21/h3-11,29H,1-2H3,(H,22,23,26). The summed E-state index contributed by atoms with van der Waals surface area (Å²) in [4.78, 5) is 12.8. The molecule has 0 spiro atoms. The monoisotopic (exact) mass is 415 g/mol. The van der Waals surface area contributed by atoms with E-state index in [2.05, 4.69) is 30.5 Å². The summed E-state index contributed by atoms with van der Waals surface area (Å²) in [6.07, 6.45) is 4.63. The number of nitrogens with one attached hydrogen (secondary N) is 1. The maximum absolute atomic E-state index is 10.1. The molecule has 0 aliphatic carbocycles. The topological polar surface area (TPSA) is 120 Å². The highest BCUT2D eigenvalue weighted by molar-refractivity contribution is 5.93. The molecule has 2 N–H and O–H groups in total. The van der Waals surface area contributed by atoms with Crippen LogP contribution in [0.2, 0.25) is 0 Å². The summed E-state index contributed by atoms with van der Waals surface area (Å²) in [5.74, 6) is 2.03. The number of fused-ring (bicyclic) bond motifs is 2. The maximum atomic E-state index is 10.1. The number of benzene rings is 2. The Morgan fingerprint density at radius 3 is 2.74 bits per heavy atom. The molecule has 0 aliphatic heterocycles. The number of nitrogens with zero attached hydrogens (tertiary/aromatic N) is 6. The maximum Gasteiger partial charge on any atom is 0.224 e. The Morgan fingerprint density at radius 1 is 1.00 bits per heavy atom. The minimum Gasteiger partial charge on any atom is -0.504 e. The number of aryl methyl sites for hydroxylation is 1. The molecule has 0 radical (unpaired) electrons. The molecule has 0 fully saturated rings. The van der Waals surface area contributed by atoms with Gasteiger partial charge >= 0.3 is 0 Å². The van der Waals surface area contributed by atoms with Crippen LogP contribution in [0.4, 0.5) is 11.5 Å². The molecular formula is C21H17N7O3. The lowest BCUT2D eigenvalue weighted by molar-refractivity contribution is 0.374. The van der Waals surface area contributed by atoms with Crippen molar-refractivity contribution >= 4 is 28.1 Å². The molecule has 154 valence electrons. The van der Waals surface area contributed by atoms with Crippen molar-refractivity contribution in [3.8, 4) is 23.1 Å². The van der Waals surface area contributed by atoms with E-state index in [1.807, 2.05) is 25.1 Å². The Hall–Kier alpha value is -4.47. The van der Waals surface area contributed by atoms with E-state index in [1.54, 1.807) is 35.3 Å². The van der Waals surface area contributed by atoms with Crippen LogP contribution in [0.5, 0.6) is 23.1 Å². The number of aromatic hydroxyl groups is 1. The van der Waals surface area contributed by atoms with Gasteiger partial charge in [0.2, 0.25) is 5.88 Å². The number of phenols is 1. The molecule has 31 heavy (non-hydrogen) atoms. The van der Waals surface area contributed by atoms with Crippen molar-refractivity contribution < 1.29 is 14.6 Å². The van der Waals surface area contributed by atoms with Crippen molar-refractivity contribution in [2.75, 3.05) is 12.4 Å². The third-order valence-corrected chi connectivity index (χ3v) is 4.75. The first-order valence-electron chi connectivity index (χ1n) is 9.33. The van der Waals surface area contributed by atoms with E-state index in [1.165, 1.54) is 13.4 Å². The summed E-state index contributed by atoms with van der Waals surface area (Å²) in [6, 6.07) is 10.6. The second-order valence-electron chi connectivity index (χ2n) is 6.79. The van der Waals surface area contributed by atoms with Crippen molar-refractivity contribution in [2.24, 2.45) is 0 Å². The number of anilines is 2. The quantitative estimate of drug-likeness (QED) is 0.443. The lowest BCUT2D eigenvalue weighted by atomic mass is 10.1. The predicted molar refractivity (Wildman–Crippen MR) is 113 cm³/mol. The van der Waals surface area contributed by atoms with E-state index >= 15 is 0 Å². The van der Waals surface area contributed by atoms with Crippen LogP contribution < -0.4 is 14.8 Å². The molecule has 0 bridgehead atoms. The molecule has 0 amide bonds. The van der Waals surface area contributed by atoms with Crippen molar-refractivity contribution in [1.29, 1.82) is 0 Å². The van der Waals surface area contributed by atoms with Crippen LogP contribution in [0.25, 0.3) is 16.6 Å². The first-order chi connectivity index (χ1) is 15.1. The molecule has 10 heteroatoms. The molecule has 3 aromatic heterocycles. The summed E-state index contributed by atoms with van der Waals surface area (Å²) in [7, 11) is 1.49. The fourth-order valence-corrected chi connectivity index (χ4v) is 3.19. The highest BCUT2D eigenvalue weighted by Gasteiger charge is 2.11. The average Bonchev–Trinajstić information content (AvgIpc) is 3.23. The van der Waals surface area contributed by atoms with Gasteiger partial charge in [-0.25, -0.2) is 15.0 Å². The summed E-state index contributed by atoms with van der Waals surface area (Å²) in [6.45, 7) is 1.94. The zero-order valence-corrected chi connectivity index (χ0v) is 16.6. The second kappa shape index (κ2) is 7.41. The van der Waals surface area contributed by atoms with E-state index in [9.17, 15) is 5.11 Å². The first-order valence-corrected chi connectivity index (χ1v) is 9.33. The van der Waals surface area contributed by atoms with E-state index in [0.29, 0.717) is 39.7 Å². The number of phenolic OH excluding ortho intramolecular Hbond substituents is 1. The SMILES string of the molecule is COc1cc2ncnc(Nc3ccc(Oc4cc5nncn5cn4)c(C)c3)c2cc1O. The van der Waals surface area contributed by atoms with Crippen molar-refractivity contribution in [3.05, 3.63) is 60.9 Å². The summed E-state index contributed by atoms with van der Waals surface area (Å²) in [5.41, 5.74) is 3.01. The average molecular weight is 415 g/mol. The molecule has 3 heterocycles. The molecule has 2 aromatic carbocycles. The largest absolute Gasteiger partial charge is 0.504 e. The number of hydrogen-bond acceptors (Lipinski definition) is 9. The Labute approximate surface area is 176 Å². The summed E-state index contributed by atoms with van der Waals surface area (Å²) < 4.78 is 12.8. The van der Waals surface area contributed by atoms with Crippen molar-refractivity contribution in [2.45, 2.75) is 6.92 Å². The fourth-order valence-electron chi connectivity index (χ4n) is 3.19. The third-order valence-electron chi connectivity index (χ3n) is 4.75. The number of ether oxygens (including phenoxy) is 2. The van der Waals surface area contributed by atoms with Gasteiger partial charge in [0, 0.05) is 23.2 Å². The van der Waals surface area contributed by atoms with E-state index in [-0.39, 0.29) is 5.75 Å². The Bertz CT molecular complexity index is 1420. The van der Waals surface area contributed by atoms with E-state index in [0.717, 1.165) is 11.3 Å². The van der Waals surface area contributed by atoms with Crippen LogP contribution in [0.15, 0.2) is 55.4 Å². The van der Waals surface area contributed by atoms with E-state index in [4.69, 9.17) is 9.47 Å². The summed E-state index contributed by atoms with van der Waals surface area (Å²) in [5, 5.41) is 21.9. The highest BCUT2D eigenvalue weighted by atomic mass is 16.5. The molecule has 10 nitrogen and oxygen atoms in total. The van der Waals surface area contributed by atoms with Crippen molar-refractivity contribution in [3.63, 3.8) is 0 Å². The second-order valence-corrected chi connectivity index (χ2v) is 6.79. The van der Waals surface area contributed by atoms with Crippen molar-refractivity contribution in [1.82, 2.24) is 29.5 Å². The van der Waals surface area contributed by atoms with Gasteiger partial charge < -0.3 is 19.9 Å². The molecular weight excluding hydrogens is 398 g/mol.